The molecule has 150 valence electrons. The van der Waals surface area contributed by atoms with Crippen molar-refractivity contribution in [1.82, 2.24) is 15.1 Å². The Bertz CT molecular complexity index is 737. The molecule has 5 atom stereocenters. The number of amides is 2. The van der Waals surface area contributed by atoms with Gasteiger partial charge in [-0.15, -0.1) is 0 Å². The lowest BCUT2D eigenvalue weighted by Gasteiger charge is -2.55. The van der Waals surface area contributed by atoms with Crippen LogP contribution in [0.5, 0.6) is 0 Å². The van der Waals surface area contributed by atoms with E-state index in [0.717, 1.165) is 26.1 Å². The van der Waals surface area contributed by atoms with Gasteiger partial charge in [-0.25, -0.2) is 0 Å². The Morgan fingerprint density at radius 3 is 2.71 bits per heavy atom. The second-order valence-electron chi connectivity index (χ2n) is 9.30. The molecule has 4 saturated heterocycles. The fourth-order valence-electron chi connectivity index (χ4n) is 6.22. The first-order valence-electron chi connectivity index (χ1n) is 11.0. The number of carbonyl (C=O) groups is 2. The van der Waals surface area contributed by atoms with Crippen LogP contribution in [0.2, 0.25) is 0 Å². The van der Waals surface area contributed by atoms with Gasteiger partial charge >= 0.3 is 0 Å². The summed E-state index contributed by atoms with van der Waals surface area (Å²) in [5, 5.41) is 2.87. The van der Waals surface area contributed by atoms with E-state index in [4.69, 9.17) is 0 Å². The van der Waals surface area contributed by atoms with Gasteiger partial charge in [0.2, 0.25) is 11.8 Å². The zero-order chi connectivity index (χ0) is 19.1. The van der Waals surface area contributed by atoms with Crippen LogP contribution >= 0.6 is 0 Å². The lowest BCUT2D eigenvalue weighted by Crippen LogP contribution is -2.63. The molecule has 5 nitrogen and oxygen atoms in total. The van der Waals surface area contributed by atoms with Gasteiger partial charge in [0, 0.05) is 38.1 Å². The maximum Gasteiger partial charge on any atom is 0.245 e. The Labute approximate surface area is 167 Å². The SMILES string of the molecule is O=C1CC[C@@H](C(=O)N2C[C@@H]3C[C@H](C2)[C@@H]2CCC[C@H](Cc4ccccc4)N2C3)N1. The topological polar surface area (TPSA) is 52.7 Å². The third kappa shape index (κ3) is 3.45. The molecule has 0 unspecified atom stereocenters. The molecule has 2 amide bonds. The van der Waals surface area contributed by atoms with Crippen molar-refractivity contribution in [3.05, 3.63) is 35.9 Å². The van der Waals surface area contributed by atoms with Crippen LogP contribution in [-0.2, 0) is 16.0 Å². The normalized spacial score (nSPS) is 35.4. The van der Waals surface area contributed by atoms with Crippen LogP contribution in [0.1, 0.15) is 44.1 Å². The number of benzene rings is 1. The van der Waals surface area contributed by atoms with E-state index in [1.54, 1.807) is 0 Å². The maximum atomic E-state index is 12.9. The van der Waals surface area contributed by atoms with Crippen molar-refractivity contribution in [3.8, 4) is 0 Å². The van der Waals surface area contributed by atoms with Crippen molar-refractivity contribution in [2.45, 2.75) is 63.1 Å². The zero-order valence-corrected chi connectivity index (χ0v) is 16.6. The highest BCUT2D eigenvalue weighted by molar-refractivity contribution is 5.90. The molecule has 5 rings (SSSR count). The minimum absolute atomic E-state index is 0.0257. The molecular weight excluding hydrogens is 350 g/mol. The molecule has 5 heteroatoms. The molecule has 0 spiro atoms. The first-order chi connectivity index (χ1) is 13.7. The highest BCUT2D eigenvalue weighted by Crippen LogP contribution is 2.40. The average Bonchev–Trinajstić information content (AvgIpc) is 3.15. The number of rotatable bonds is 3. The Balaban J connectivity index is 1.28. The Hall–Kier alpha value is -1.88. The quantitative estimate of drug-likeness (QED) is 0.873. The Morgan fingerprint density at radius 1 is 1.07 bits per heavy atom. The molecule has 1 N–H and O–H groups in total. The van der Waals surface area contributed by atoms with Crippen molar-refractivity contribution < 1.29 is 9.59 Å². The standard InChI is InChI=1S/C23H31N3O2/c27-22-10-9-20(24-22)23(28)25-13-17-11-18(15-25)21-8-4-7-19(26(21)14-17)12-16-5-2-1-3-6-16/h1-3,5-6,17-21H,4,7-15H2,(H,24,27)/t17-,18+,19+,20-,21-/m0/s1. The molecule has 4 heterocycles. The third-order valence-electron chi connectivity index (χ3n) is 7.43. The summed E-state index contributed by atoms with van der Waals surface area (Å²) >= 11 is 0. The summed E-state index contributed by atoms with van der Waals surface area (Å²) in [5.74, 6) is 1.35. The summed E-state index contributed by atoms with van der Waals surface area (Å²) in [6, 6.07) is 11.9. The van der Waals surface area contributed by atoms with Crippen LogP contribution in [0.4, 0.5) is 0 Å². The van der Waals surface area contributed by atoms with Crippen LogP contribution in [0.15, 0.2) is 30.3 Å². The molecule has 2 bridgehead atoms. The first kappa shape index (κ1) is 18.2. The van der Waals surface area contributed by atoms with E-state index in [1.807, 2.05) is 0 Å². The summed E-state index contributed by atoms with van der Waals surface area (Å²) in [7, 11) is 0. The third-order valence-corrected chi connectivity index (χ3v) is 7.43. The summed E-state index contributed by atoms with van der Waals surface area (Å²) < 4.78 is 0. The van der Waals surface area contributed by atoms with Gasteiger partial charge in [0.25, 0.3) is 0 Å². The number of fused-ring (bicyclic) bond motifs is 4. The number of hydrogen-bond acceptors (Lipinski definition) is 3. The van der Waals surface area contributed by atoms with Crippen LogP contribution in [0.25, 0.3) is 0 Å². The average molecular weight is 382 g/mol. The summed E-state index contributed by atoms with van der Waals surface area (Å²) in [5.41, 5.74) is 1.44. The fraction of sp³-hybridized carbons (Fsp3) is 0.652. The molecule has 0 saturated carbocycles. The van der Waals surface area contributed by atoms with Gasteiger partial charge in [0.05, 0.1) is 0 Å². The molecular formula is C23H31N3O2. The Morgan fingerprint density at radius 2 is 1.93 bits per heavy atom. The molecule has 1 aromatic carbocycles. The highest BCUT2D eigenvalue weighted by atomic mass is 16.2. The lowest BCUT2D eigenvalue weighted by molar-refractivity contribution is -0.141. The number of nitrogens with one attached hydrogen (secondary N) is 1. The van der Waals surface area contributed by atoms with Crippen molar-refractivity contribution >= 4 is 11.8 Å². The minimum atomic E-state index is -0.278. The van der Waals surface area contributed by atoms with E-state index in [9.17, 15) is 9.59 Å². The van der Waals surface area contributed by atoms with Crippen molar-refractivity contribution in [2.24, 2.45) is 11.8 Å². The van der Waals surface area contributed by atoms with Crippen LogP contribution in [0, 0.1) is 11.8 Å². The van der Waals surface area contributed by atoms with Crippen LogP contribution in [0.3, 0.4) is 0 Å². The fourth-order valence-corrected chi connectivity index (χ4v) is 6.22. The smallest absolute Gasteiger partial charge is 0.245 e. The largest absolute Gasteiger partial charge is 0.344 e. The molecule has 0 radical (unpaired) electrons. The van der Waals surface area contributed by atoms with Gasteiger partial charge in [0.15, 0.2) is 0 Å². The highest BCUT2D eigenvalue weighted by Gasteiger charge is 2.46. The van der Waals surface area contributed by atoms with Crippen molar-refractivity contribution in [3.63, 3.8) is 0 Å². The number of carbonyl (C=O) groups excluding carboxylic acids is 2. The van der Waals surface area contributed by atoms with E-state index in [0.29, 0.717) is 36.8 Å². The maximum absolute atomic E-state index is 12.9. The summed E-state index contributed by atoms with van der Waals surface area (Å²) in [6.07, 6.45) is 7.43. The van der Waals surface area contributed by atoms with E-state index in [2.05, 4.69) is 45.4 Å². The predicted octanol–water partition coefficient (Wildman–Crippen LogP) is 2.21. The number of piperidine rings is 3. The summed E-state index contributed by atoms with van der Waals surface area (Å²) in [6.45, 7) is 2.86. The van der Waals surface area contributed by atoms with E-state index in [1.165, 1.54) is 31.2 Å². The van der Waals surface area contributed by atoms with Gasteiger partial charge < -0.3 is 10.2 Å². The van der Waals surface area contributed by atoms with Gasteiger partial charge in [0.1, 0.15) is 6.04 Å². The van der Waals surface area contributed by atoms with Gasteiger partial charge in [-0.1, -0.05) is 36.8 Å². The minimum Gasteiger partial charge on any atom is -0.344 e. The molecule has 1 aromatic rings. The summed E-state index contributed by atoms with van der Waals surface area (Å²) in [4.78, 5) is 29.3. The van der Waals surface area contributed by atoms with Gasteiger partial charge in [-0.2, -0.15) is 0 Å². The van der Waals surface area contributed by atoms with Crippen LogP contribution in [-0.4, -0.2) is 59.4 Å². The first-order valence-corrected chi connectivity index (χ1v) is 11.0. The number of nitrogens with zero attached hydrogens (tertiary/aromatic N) is 2. The van der Waals surface area contributed by atoms with Gasteiger partial charge in [-0.05, 0) is 49.5 Å². The molecule has 0 aromatic heterocycles. The van der Waals surface area contributed by atoms with E-state index >= 15 is 0 Å². The molecule has 28 heavy (non-hydrogen) atoms. The van der Waals surface area contributed by atoms with Crippen molar-refractivity contribution in [2.75, 3.05) is 19.6 Å². The molecule has 4 aliphatic rings. The number of hydrogen-bond donors (Lipinski definition) is 1. The second-order valence-corrected chi connectivity index (χ2v) is 9.30. The van der Waals surface area contributed by atoms with Crippen LogP contribution < -0.4 is 5.32 Å². The van der Waals surface area contributed by atoms with E-state index < -0.39 is 0 Å². The Kier molecular flexibility index (Phi) is 4.87. The molecule has 0 aliphatic carbocycles. The predicted molar refractivity (Wildman–Crippen MR) is 108 cm³/mol. The van der Waals surface area contributed by atoms with Crippen molar-refractivity contribution in [1.29, 1.82) is 0 Å². The lowest BCUT2D eigenvalue weighted by atomic mass is 9.74. The van der Waals surface area contributed by atoms with Gasteiger partial charge in [-0.3, -0.25) is 14.5 Å². The monoisotopic (exact) mass is 381 g/mol. The van der Waals surface area contributed by atoms with E-state index in [-0.39, 0.29) is 17.9 Å². The molecule has 4 fully saturated rings. The number of likely N-dealkylation sites (tertiary alicyclic amines) is 1. The molecule has 4 aliphatic heterocycles. The zero-order valence-electron chi connectivity index (χ0n) is 16.6. The second kappa shape index (κ2) is 7.51.